The summed E-state index contributed by atoms with van der Waals surface area (Å²) >= 11 is 0. The Hall–Kier alpha value is -1.29. The number of rotatable bonds is 2. The number of sulfone groups is 1. The Kier molecular flexibility index (Phi) is 3.01. The molecule has 2 rings (SSSR count). The Bertz CT molecular complexity index is 529. The molecular weight excluding hydrogens is 219 g/mol. The average molecular weight is 232 g/mol. The fraction of sp³-hybridized carbons (Fsp3) is 0.167. The average Bonchev–Trinajstić information content (AvgIpc) is 2.30. The first kappa shape index (κ1) is 11.2. The van der Waals surface area contributed by atoms with Crippen LogP contribution in [0.2, 0.25) is 13.1 Å². The normalized spacial score (nSPS) is 16.1. The van der Waals surface area contributed by atoms with E-state index in [1.807, 2.05) is 25.0 Å². The van der Waals surface area contributed by atoms with Crippen molar-refractivity contribution >= 4 is 16.6 Å². The van der Waals surface area contributed by atoms with Gasteiger partial charge in [0, 0.05) is 4.80 Å². The maximum absolute atomic E-state index is 12.3. The molecule has 0 unspecified atom stereocenters. The van der Waals surface area contributed by atoms with Gasteiger partial charge in [0.1, 0.15) is 0 Å². The van der Waals surface area contributed by atoms with Crippen LogP contribution in [0.4, 0.5) is 0 Å². The Labute approximate surface area is 96.7 Å². The van der Waals surface area contributed by atoms with Crippen molar-refractivity contribution in [1.82, 2.24) is 0 Å². The highest BCUT2D eigenvalue weighted by atomic mass is 32.2. The lowest BCUT2D eigenvalue weighted by Crippen LogP contribution is -2.20. The minimum atomic E-state index is -3.30. The lowest BCUT2D eigenvalue weighted by Gasteiger charge is -2.15. The topological polar surface area (TPSA) is 34.1 Å². The molecule has 0 aromatic heterocycles. The van der Waals surface area contributed by atoms with Crippen LogP contribution in [0, 0.1) is 0 Å². The van der Waals surface area contributed by atoms with E-state index in [1.54, 1.807) is 30.3 Å². The zero-order valence-electron chi connectivity index (χ0n) is 9.13. The molecular formula is C12H13BO2S. The Morgan fingerprint density at radius 2 is 1.88 bits per heavy atom. The quantitative estimate of drug-likeness (QED) is 0.734. The van der Waals surface area contributed by atoms with E-state index in [1.165, 1.54) is 0 Å². The standard InChI is InChI=1S/C12H13BO2S/c1-13-10-6-5-9-12(13)16(14,15)11-7-3-2-4-8-11/h2-9H,10H2,1H3. The van der Waals surface area contributed by atoms with Gasteiger partial charge in [-0.05, 0) is 12.1 Å². The predicted molar refractivity (Wildman–Crippen MR) is 67.3 cm³/mol. The highest BCUT2D eigenvalue weighted by Crippen LogP contribution is 2.25. The Morgan fingerprint density at radius 3 is 2.50 bits per heavy atom. The first-order valence-electron chi connectivity index (χ1n) is 5.29. The predicted octanol–water partition coefficient (Wildman–Crippen LogP) is 2.58. The molecule has 0 amide bonds. The van der Waals surface area contributed by atoms with Gasteiger partial charge in [0.25, 0.3) is 0 Å². The van der Waals surface area contributed by atoms with Crippen molar-refractivity contribution in [2.24, 2.45) is 0 Å². The van der Waals surface area contributed by atoms with E-state index in [0.29, 0.717) is 9.70 Å². The van der Waals surface area contributed by atoms with Crippen LogP contribution in [0.5, 0.6) is 0 Å². The third kappa shape index (κ3) is 1.98. The van der Waals surface area contributed by atoms with E-state index in [-0.39, 0.29) is 6.71 Å². The lowest BCUT2D eigenvalue weighted by atomic mass is 9.48. The second-order valence-electron chi connectivity index (χ2n) is 3.95. The van der Waals surface area contributed by atoms with Gasteiger partial charge in [-0.15, -0.1) is 0 Å². The summed E-state index contributed by atoms with van der Waals surface area (Å²) in [6.07, 6.45) is 6.30. The molecule has 0 saturated carbocycles. The summed E-state index contributed by atoms with van der Waals surface area (Å²) in [4.78, 5) is 0.893. The van der Waals surface area contributed by atoms with Crippen LogP contribution in [0.25, 0.3) is 0 Å². The van der Waals surface area contributed by atoms with Crippen molar-refractivity contribution in [3.63, 3.8) is 0 Å². The van der Waals surface area contributed by atoms with Gasteiger partial charge in [0.2, 0.25) is 0 Å². The van der Waals surface area contributed by atoms with Crippen LogP contribution in [0.1, 0.15) is 0 Å². The summed E-state index contributed by atoms with van der Waals surface area (Å²) in [5.74, 6) is 0. The van der Waals surface area contributed by atoms with Crippen molar-refractivity contribution in [1.29, 1.82) is 0 Å². The van der Waals surface area contributed by atoms with E-state index in [4.69, 9.17) is 0 Å². The third-order valence-corrected chi connectivity index (χ3v) is 4.79. The molecule has 0 radical (unpaired) electrons. The first-order valence-corrected chi connectivity index (χ1v) is 6.77. The second-order valence-corrected chi connectivity index (χ2v) is 5.90. The molecule has 2 nitrogen and oxygen atoms in total. The molecule has 82 valence electrons. The molecule has 1 aromatic carbocycles. The zero-order chi connectivity index (χ0) is 11.6. The van der Waals surface area contributed by atoms with Gasteiger partial charge in [-0.2, -0.15) is 0 Å². The lowest BCUT2D eigenvalue weighted by molar-refractivity contribution is 0.603. The maximum atomic E-state index is 12.3. The molecule has 1 heterocycles. The number of hydrogen-bond donors (Lipinski definition) is 0. The van der Waals surface area contributed by atoms with Crippen LogP contribution < -0.4 is 0 Å². The minimum absolute atomic E-state index is 0.0650. The molecule has 1 aliphatic heterocycles. The maximum Gasteiger partial charge on any atom is 0.194 e. The van der Waals surface area contributed by atoms with Crippen molar-refractivity contribution in [3.8, 4) is 0 Å². The molecule has 16 heavy (non-hydrogen) atoms. The van der Waals surface area contributed by atoms with Crippen molar-refractivity contribution in [3.05, 3.63) is 53.4 Å². The molecule has 4 heteroatoms. The van der Waals surface area contributed by atoms with E-state index in [9.17, 15) is 8.42 Å². The largest absolute Gasteiger partial charge is 0.220 e. The summed E-state index contributed by atoms with van der Waals surface area (Å²) in [5, 5.41) is 0. The molecule has 0 atom stereocenters. The van der Waals surface area contributed by atoms with Crippen LogP contribution in [0.3, 0.4) is 0 Å². The molecule has 0 saturated heterocycles. The highest BCUT2D eigenvalue weighted by Gasteiger charge is 2.27. The van der Waals surface area contributed by atoms with Gasteiger partial charge in [0.15, 0.2) is 16.6 Å². The van der Waals surface area contributed by atoms with Crippen LogP contribution in [0.15, 0.2) is 58.3 Å². The van der Waals surface area contributed by atoms with Gasteiger partial charge in [-0.25, -0.2) is 8.42 Å². The number of benzene rings is 1. The van der Waals surface area contributed by atoms with E-state index in [0.717, 1.165) is 6.32 Å². The molecule has 1 aliphatic rings. The minimum Gasteiger partial charge on any atom is -0.220 e. The Morgan fingerprint density at radius 1 is 1.19 bits per heavy atom. The molecule has 0 aliphatic carbocycles. The van der Waals surface area contributed by atoms with Crippen molar-refractivity contribution in [2.75, 3.05) is 0 Å². The monoisotopic (exact) mass is 232 g/mol. The van der Waals surface area contributed by atoms with Crippen LogP contribution in [-0.4, -0.2) is 15.1 Å². The fourth-order valence-electron chi connectivity index (χ4n) is 1.82. The Balaban J connectivity index is 2.48. The summed E-state index contributed by atoms with van der Waals surface area (Å²) < 4.78 is 24.6. The molecule has 0 N–H and O–H groups in total. The van der Waals surface area contributed by atoms with E-state index in [2.05, 4.69) is 0 Å². The third-order valence-electron chi connectivity index (χ3n) is 2.74. The van der Waals surface area contributed by atoms with E-state index >= 15 is 0 Å². The molecule has 0 fully saturated rings. The SMILES string of the molecule is CB1CC=CC=C1S(=O)(=O)c1ccccc1. The summed E-state index contributed by atoms with van der Waals surface area (Å²) in [6, 6.07) is 8.59. The van der Waals surface area contributed by atoms with Crippen molar-refractivity contribution < 1.29 is 8.42 Å². The first-order chi connectivity index (χ1) is 7.62. The number of hydrogen-bond acceptors (Lipinski definition) is 2. The fourth-order valence-corrected chi connectivity index (χ4v) is 3.49. The van der Waals surface area contributed by atoms with Gasteiger partial charge in [0.05, 0.1) is 4.90 Å². The van der Waals surface area contributed by atoms with Crippen LogP contribution in [-0.2, 0) is 9.84 Å². The van der Waals surface area contributed by atoms with Gasteiger partial charge in [-0.3, -0.25) is 0 Å². The summed E-state index contributed by atoms with van der Waals surface area (Å²) in [5.41, 5.74) is 0. The van der Waals surface area contributed by atoms with Gasteiger partial charge >= 0.3 is 0 Å². The molecule has 1 aromatic rings. The van der Waals surface area contributed by atoms with Gasteiger partial charge in [-0.1, -0.05) is 49.6 Å². The molecule has 0 bridgehead atoms. The number of allylic oxidation sites excluding steroid dienone is 3. The zero-order valence-corrected chi connectivity index (χ0v) is 9.94. The van der Waals surface area contributed by atoms with E-state index < -0.39 is 9.84 Å². The highest BCUT2D eigenvalue weighted by molar-refractivity contribution is 7.97. The van der Waals surface area contributed by atoms with Crippen molar-refractivity contribution in [2.45, 2.75) is 18.0 Å². The summed E-state index contributed by atoms with van der Waals surface area (Å²) in [6.45, 7) is 2.01. The van der Waals surface area contributed by atoms with Gasteiger partial charge < -0.3 is 0 Å². The smallest absolute Gasteiger partial charge is 0.194 e. The van der Waals surface area contributed by atoms with Crippen LogP contribution >= 0.6 is 0 Å². The summed E-state index contributed by atoms with van der Waals surface area (Å²) in [7, 11) is -3.30. The molecule has 0 spiro atoms. The second kappa shape index (κ2) is 4.30.